The fourth-order valence-electron chi connectivity index (χ4n) is 0.940. The topological polar surface area (TPSA) is 25.8 Å². The molecular formula is C8H4Cl2N2S. The third-order valence-corrected chi connectivity index (χ3v) is 2.70. The van der Waals surface area contributed by atoms with Crippen molar-refractivity contribution in [3.05, 3.63) is 34.0 Å². The number of thiophene rings is 1. The first-order chi connectivity index (χ1) is 6.25. The molecule has 13 heavy (non-hydrogen) atoms. The monoisotopic (exact) mass is 230 g/mol. The molecule has 2 aromatic rings. The van der Waals surface area contributed by atoms with Crippen LogP contribution in [0.2, 0.25) is 10.4 Å². The lowest BCUT2D eigenvalue weighted by atomic mass is 10.3. The van der Waals surface area contributed by atoms with Crippen LogP contribution in [0, 0.1) is 0 Å². The van der Waals surface area contributed by atoms with Crippen molar-refractivity contribution in [1.82, 2.24) is 9.97 Å². The van der Waals surface area contributed by atoms with Crippen LogP contribution in [-0.4, -0.2) is 9.97 Å². The molecule has 0 bridgehead atoms. The molecule has 2 rings (SSSR count). The minimum Gasteiger partial charge on any atom is -0.217 e. The number of rotatable bonds is 1. The zero-order valence-corrected chi connectivity index (χ0v) is 8.70. The summed E-state index contributed by atoms with van der Waals surface area (Å²) in [5.74, 6) is 0. The van der Waals surface area contributed by atoms with Gasteiger partial charge in [0.1, 0.15) is 5.15 Å². The third-order valence-electron chi connectivity index (χ3n) is 1.44. The van der Waals surface area contributed by atoms with E-state index in [9.17, 15) is 0 Å². The molecule has 0 unspecified atom stereocenters. The average Bonchev–Trinajstić information content (AvgIpc) is 2.53. The van der Waals surface area contributed by atoms with Crippen molar-refractivity contribution in [3.63, 3.8) is 0 Å². The summed E-state index contributed by atoms with van der Waals surface area (Å²) in [7, 11) is 0. The van der Waals surface area contributed by atoms with Gasteiger partial charge in [-0.3, -0.25) is 0 Å². The van der Waals surface area contributed by atoms with Gasteiger partial charge in [-0.25, -0.2) is 9.97 Å². The molecule has 0 radical (unpaired) electrons. The first kappa shape index (κ1) is 8.94. The number of aromatic nitrogens is 2. The van der Waals surface area contributed by atoms with Crippen LogP contribution < -0.4 is 0 Å². The second kappa shape index (κ2) is 3.62. The zero-order valence-electron chi connectivity index (χ0n) is 6.37. The molecule has 0 spiro atoms. The van der Waals surface area contributed by atoms with Crippen molar-refractivity contribution >= 4 is 34.5 Å². The minimum absolute atomic E-state index is 0.177. The zero-order chi connectivity index (χ0) is 9.26. The molecule has 0 aromatic carbocycles. The molecule has 0 aliphatic carbocycles. The number of halogens is 2. The van der Waals surface area contributed by atoms with Crippen LogP contribution in [0.15, 0.2) is 23.6 Å². The Morgan fingerprint density at radius 3 is 2.69 bits per heavy atom. The summed E-state index contributed by atoms with van der Waals surface area (Å²) in [5.41, 5.74) is 0.764. The molecule has 2 heterocycles. The van der Waals surface area contributed by atoms with Gasteiger partial charge in [0.15, 0.2) is 0 Å². The highest BCUT2D eigenvalue weighted by molar-refractivity contribution is 7.13. The van der Waals surface area contributed by atoms with E-state index in [0.717, 1.165) is 10.6 Å². The predicted molar refractivity (Wildman–Crippen MR) is 55.4 cm³/mol. The first-order valence-electron chi connectivity index (χ1n) is 3.49. The minimum atomic E-state index is 0.177. The van der Waals surface area contributed by atoms with E-state index in [-0.39, 0.29) is 5.28 Å². The van der Waals surface area contributed by atoms with E-state index in [1.165, 1.54) is 0 Å². The average molecular weight is 231 g/mol. The molecule has 0 atom stereocenters. The van der Waals surface area contributed by atoms with Crippen LogP contribution in [0.4, 0.5) is 0 Å². The van der Waals surface area contributed by atoms with Crippen LogP contribution in [0.3, 0.4) is 0 Å². The largest absolute Gasteiger partial charge is 0.224 e. The van der Waals surface area contributed by atoms with Crippen molar-refractivity contribution in [2.45, 2.75) is 0 Å². The Labute approximate surface area is 89.2 Å². The maximum Gasteiger partial charge on any atom is 0.224 e. The van der Waals surface area contributed by atoms with Crippen molar-refractivity contribution in [1.29, 1.82) is 0 Å². The lowest BCUT2D eigenvalue weighted by Gasteiger charge is -1.97. The smallest absolute Gasteiger partial charge is 0.217 e. The first-order valence-corrected chi connectivity index (χ1v) is 5.13. The number of hydrogen-bond donors (Lipinski definition) is 0. The summed E-state index contributed by atoms with van der Waals surface area (Å²) < 4.78 is 0. The lowest BCUT2D eigenvalue weighted by molar-refractivity contribution is 1.18. The van der Waals surface area contributed by atoms with E-state index in [0.29, 0.717) is 5.15 Å². The molecule has 66 valence electrons. The van der Waals surface area contributed by atoms with Crippen LogP contribution in [0.1, 0.15) is 0 Å². The maximum atomic E-state index is 5.74. The second-order valence-electron chi connectivity index (χ2n) is 2.32. The van der Waals surface area contributed by atoms with Gasteiger partial charge in [-0.1, -0.05) is 17.7 Å². The quantitative estimate of drug-likeness (QED) is 0.554. The summed E-state index contributed by atoms with van der Waals surface area (Å²) in [4.78, 5) is 8.86. The Bertz CT molecular complexity index is 394. The highest BCUT2D eigenvalue weighted by atomic mass is 35.5. The fourth-order valence-corrected chi connectivity index (χ4v) is 2.04. The van der Waals surface area contributed by atoms with E-state index in [4.69, 9.17) is 23.2 Å². The molecule has 0 saturated carbocycles. The molecule has 0 saturated heterocycles. The fraction of sp³-hybridized carbons (Fsp3) is 0. The summed E-state index contributed by atoms with van der Waals surface area (Å²) in [5, 5.41) is 2.51. The molecule has 0 amide bonds. The van der Waals surface area contributed by atoms with E-state index in [1.54, 1.807) is 17.4 Å². The molecule has 0 aliphatic rings. The van der Waals surface area contributed by atoms with Gasteiger partial charge in [0, 0.05) is 6.07 Å². The third kappa shape index (κ3) is 1.99. The van der Waals surface area contributed by atoms with Crippen molar-refractivity contribution in [2.24, 2.45) is 0 Å². The molecule has 2 aromatic heterocycles. The van der Waals surface area contributed by atoms with Crippen LogP contribution in [-0.2, 0) is 0 Å². The lowest BCUT2D eigenvalue weighted by Crippen LogP contribution is -1.85. The summed E-state index contributed by atoms with van der Waals surface area (Å²) >= 11 is 13.0. The Hall–Kier alpha value is -0.640. The molecule has 5 heteroatoms. The van der Waals surface area contributed by atoms with Gasteiger partial charge in [0.05, 0.1) is 10.6 Å². The molecule has 0 fully saturated rings. The summed E-state index contributed by atoms with van der Waals surface area (Å²) in [6.07, 6.45) is 0. The standard InChI is InChI=1S/C8H4Cl2N2S/c9-7-4-5(11-8(10)12-7)6-2-1-3-13-6/h1-4H. The van der Waals surface area contributed by atoms with Crippen LogP contribution in [0.5, 0.6) is 0 Å². The van der Waals surface area contributed by atoms with E-state index in [2.05, 4.69) is 9.97 Å². The van der Waals surface area contributed by atoms with Gasteiger partial charge in [-0.15, -0.1) is 11.3 Å². The molecule has 0 N–H and O–H groups in total. The summed E-state index contributed by atoms with van der Waals surface area (Å²) in [6.45, 7) is 0. The highest BCUT2D eigenvalue weighted by Crippen LogP contribution is 2.25. The molecule has 0 aliphatic heterocycles. The Morgan fingerprint density at radius 2 is 2.08 bits per heavy atom. The van der Waals surface area contributed by atoms with Crippen LogP contribution in [0.25, 0.3) is 10.6 Å². The Morgan fingerprint density at radius 1 is 1.23 bits per heavy atom. The van der Waals surface area contributed by atoms with Crippen molar-refractivity contribution < 1.29 is 0 Å². The van der Waals surface area contributed by atoms with Crippen molar-refractivity contribution in [2.75, 3.05) is 0 Å². The Balaban J connectivity index is 2.53. The van der Waals surface area contributed by atoms with Gasteiger partial charge in [0.2, 0.25) is 5.28 Å². The van der Waals surface area contributed by atoms with Gasteiger partial charge >= 0.3 is 0 Å². The predicted octanol–water partition coefficient (Wildman–Crippen LogP) is 3.51. The molecule has 2 nitrogen and oxygen atoms in total. The van der Waals surface area contributed by atoms with Crippen LogP contribution >= 0.6 is 34.5 Å². The van der Waals surface area contributed by atoms with Gasteiger partial charge in [0.25, 0.3) is 0 Å². The highest BCUT2D eigenvalue weighted by Gasteiger charge is 2.04. The summed E-state index contributed by atoms with van der Waals surface area (Å²) in [6, 6.07) is 5.60. The second-order valence-corrected chi connectivity index (χ2v) is 4.00. The molecular weight excluding hydrogens is 227 g/mol. The normalized spacial score (nSPS) is 10.3. The number of nitrogens with zero attached hydrogens (tertiary/aromatic N) is 2. The van der Waals surface area contributed by atoms with Gasteiger partial charge in [-0.05, 0) is 23.0 Å². The maximum absolute atomic E-state index is 5.74. The van der Waals surface area contributed by atoms with Gasteiger partial charge < -0.3 is 0 Å². The van der Waals surface area contributed by atoms with Gasteiger partial charge in [-0.2, -0.15) is 0 Å². The Kier molecular flexibility index (Phi) is 2.49. The van der Waals surface area contributed by atoms with E-state index in [1.807, 2.05) is 17.5 Å². The van der Waals surface area contributed by atoms with E-state index >= 15 is 0 Å². The van der Waals surface area contributed by atoms with Crippen molar-refractivity contribution in [3.8, 4) is 10.6 Å². The SMILES string of the molecule is Clc1cc(-c2cccs2)nc(Cl)n1. The van der Waals surface area contributed by atoms with E-state index < -0.39 is 0 Å². The number of hydrogen-bond acceptors (Lipinski definition) is 3.